The number of hydrogen-bond donors (Lipinski definition) is 1. The molecule has 3 atom stereocenters. The first kappa shape index (κ1) is 14.8. The molecule has 110 valence electrons. The second-order valence-electron chi connectivity index (χ2n) is 5.99. The van der Waals surface area contributed by atoms with E-state index in [1.165, 1.54) is 44.3 Å². The van der Waals surface area contributed by atoms with Crippen LogP contribution in [0.25, 0.3) is 0 Å². The first-order valence-electron chi connectivity index (χ1n) is 7.61. The van der Waals surface area contributed by atoms with Gasteiger partial charge in [-0.25, -0.2) is 0 Å². The Kier molecular flexibility index (Phi) is 4.71. The summed E-state index contributed by atoms with van der Waals surface area (Å²) in [6, 6.07) is 8.00. The van der Waals surface area contributed by atoms with Gasteiger partial charge in [0.1, 0.15) is 0 Å². The Hall–Kier alpha value is -0.0900. The number of benzene rings is 1. The van der Waals surface area contributed by atoms with E-state index in [-0.39, 0.29) is 0 Å². The second-order valence-corrected chi connectivity index (χ2v) is 7.31. The van der Waals surface area contributed by atoms with Gasteiger partial charge in [0.15, 0.2) is 0 Å². The van der Waals surface area contributed by atoms with Gasteiger partial charge in [-0.2, -0.15) is 0 Å². The van der Waals surface area contributed by atoms with Gasteiger partial charge in [-0.3, -0.25) is 4.90 Å². The molecule has 3 rings (SSSR count). The summed E-state index contributed by atoms with van der Waals surface area (Å²) in [5.74, 6) is 0. The van der Waals surface area contributed by atoms with Crippen LogP contribution in [0.15, 0.2) is 22.7 Å². The molecule has 0 aromatic heterocycles. The third kappa shape index (κ3) is 2.92. The third-order valence-corrected chi connectivity index (χ3v) is 5.64. The molecule has 2 aliphatic heterocycles. The summed E-state index contributed by atoms with van der Waals surface area (Å²) in [4.78, 5) is 2.65. The van der Waals surface area contributed by atoms with Gasteiger partial charge in [-0.15, -0.1) is 0 Å². The molecule has 3 unspecified atom stereocenters. The fraction of sp³-hybridized carbons (Fsp3) is 0.625. The van der Waals surface area contributed by atoms with E-state index in [1.807, 2.05) is 6.07 Å². The van der Waals surface area contributed by atoms with E-state index in [1.54, 1.807) is 0 Å². The van der Waals surface area contributed by atoms with Crippen molar-refractivity contribution in [3.8, 4) is 0 Å². The lowest BCUT2D eigenvalue weighted by molar-refractivity contribution is 0.163. The Balaban J connectivity index is 1.79. The van der Waals surface area contributed by atoms with Gasteiger partial charge >= 0.3 is 0 Å². The van der Waals surface area contributed by atoms with Crippen molar-refractivity contribution in [2.45, 2.75) is 50.7 Å². The number of halogens is 2. The maximum atomic E-state index is 6.44. The highest BCUT2D eigenvalue weighted by atomic mass is 79.9. The zero-order valence-corrected chi connectivity index (χ0v) is 14.3. The lowest BCUT2D eigenvalue weighted by Crippen LogP contribution is -2.44. The predicted octanol–water partition coefficient (Wildman–Crippen LogP) is 4.38. The van der Waals surface area contributed by atoms with E-state index in [0.717, 1.165) is 9.50 Å². The van der Waals surface area contributed by atoms with Gasteiger partial charge in [0.25, 0.3) is 0 Å². The lowest BCUT2D eigenvalue weighted by Gasteiger charge is -2.35. The van der Waals surface area contributed by atoms with Crippen molar-refractivity contribution >= 4 is 27.5 Å². The molecule has 0 radical (unpaired) electrons. The number of hydrogen-bond acceptors (Lipinski definition) is 2. The minimum absolute atomic E-state index is 0.394. The molecule has 0 aliphatic carbocycles. The maximum absolute atomic E-state index is 6.44. The smallest absolute Gasteiger partial charge is 0.0464 e. The highest BCUT2D eigenvalue weighted by Gasteiger charge is 2.36. The van der Waals surface area contributed by atoms with Crippen LogP contribution in [0, 0.1) is 0 Å². The highest BCUT2D eigenvalue weighted by molar-refractivity contribution is 9.10. The SMILES string of the molecule is CC(c1ccc(Br)cc1Cl)N1CCCC1C1CCCN1. The van der Waals surface area contributed by atoms with E-state index in [4.69, 9.17) is 11.6 Å². The Bertz CT molecular complexity index is 474. The molecular weight excluding hydrogens is 336 g/mol. The molecule has 2 fully saturated rings. The van der Waals surface area contributed by atoms with E-state index in [0.29, 0.717) is 18.1 Å². The van der Waals surface area contributed by atoms with Crippen molar-refractivity contribution in [2.75, 3.05) is 13.1 Å². The number of rotatable bonds is 3. The average molecular weight is 358 g/mol. The summed E-state index contributed by atoms with van der Waals surface area (Å²) in [5, 5.41) is 4.55. The van der Waals surface area contributed by atoms with Crippen LogP contribution in [-0.2, 0) is 0 Å². The standard InChI is InChI=1S/C16H22BrClN2/c1-11(13-7-6-12(17)10-14(13)18)20-9-3-5-16(20)15-4-2-8-19-15/h6-7,10-11,15-16,19H,2-5,8-9H2,1H3. The van der Waals surface area contributed by atoms with Crippen LogP contribution >= 0.6 is 27.5 Å². The maximum Gasteiger partial charge on any atom is 0.0464 e. The van der Waals surface area contributed by atoms with Crippen LogP contribution in [-0.4, -0.2) is 30.1 Å². The summed E-state index contributed by atoms with van der Waals surface area (Å²) in [6.07, 6.45) is 5.27. The van der Waals surface area contributed by atoms with Crippen LogP contribution in [0.4, 0.5) is 0 Å². The molecule has 4 heteroatoms. The third-order valence-electron chi connectivity index (χ3n) is 4.82. The first-order chi connectivity index (χ1) is 9.66. The quantitative estimate of drug-likeness (QED) is 0.863. The second kappa shape index (κ2) is 6.35. The molecular formula is C16H22BrClN2. The Morgan fingerprint density at radius 2 is 2.20 bits per heavy atom. The minimum atomic E-state index is 0.394. The number of nitrogens with zero attached hydrogens (tertiary/aromatic N) is 1. The molecule has 2 saturated heterocycles. The average Bonchev–Trinajstić information content (AvgIpc) is 3.09. The fourth-order valence-corrected chi connectivity index (χ4v) is 4.62. The topological polar surface area (TPSA) is 15.3 Å². The summed E-state index contributed by atoms with van der Waals surface area (Å²) in [5.41, 5.74) is 1.25. The van der Waals surface area contributed by atoms with Crippen molar-refractivity contribution in [2.24, 2.45) is 0 Å². The van der Waals surface area contributed by atoms with Crippen molar-refractivity contribution < 1.29 is 0 Å². The summed E-state index contributed by atoms with van der Waals surface area (Å²) in [7, 11) is 0. The summed E-state index contributed by atoms with van der Waals surface area (Å²) < 4.78 is 1.05. The van der Waals surface area contributed by atoms with Crippen LogP contribution < -0.4 is 5.32 Å². The van der Waals surface area contributed by atoms with Crippen molar-refractivity contribution in [3.63, 3.8) is 0 Å². The number of nitrogens with one attached hydrogen (secondary N) is 1. The molecule has 1 aromatic rings. The molecule has 2 heterocycles. The number of likely N-dealkylation sites (tertiary alicyclic amines) is 1. The normalized spacial score (nSPS) is 28.9. The van der Waals surface area contributed by atoms with Gasteiger partial charge in [0.2, 0.25) is 0 Å². The summed E-state index contributed by atoms with van der Waals surface area (Å²) >= 11 is 9.92. The molecule has 0 amide bonds. The van der Waals surface area contributed by atoms with Gasteiger partial charge < -0.3 is 5.32 Å². The van der Waals surface area contributed by atoms with Crippen LogP contribution in [0.2, 0.25) is 5.02 Å². The first-order valence-corrected chi connectivity index (χ1v) is 8.78. The van der Waals surface area contributed by atoms with Gasteiger partial charge in [-0.1, -0.05) is 33.6 Å². The van der Waals surface area contributed by atoms with E-state index in [2.05, 4.69) is 45.2 Å². The molecule has 1 N–H and O–H groups in total. The Morgan fingerprint density at radius 3 is 2.90 bits per heavy atom. The lowest BCUT2D eigenvalue weighted by atomic mass is 10.0. The van der Waals surface area contributed by atoms with Crippen molar-refractivity contribution in [1.82, 2.24) is 10.2 Å². The minimum Gasteiger partial charge on any atom is -0.312 e. The molecule has 2 aliphatic rings. The zero-order valence-electron chi connectivity index (χ0n) is 11.9. The molecule has 2 nitrogen and oxygen atoms in total. The van der Waals surface area contributed by atoms with Crippen LogP contribution in [0.5, 0.6) is 0 Å². The summed E-state index contributed by atoms with van der Waals surface area (Å²) in [6.45, 7) is 4.67. The Labute approximate surface area is 135 Å². The van der Waals surface area contributed by atoms with Crippen LogP contribution in [0.3, 0.4) is 0 Å². The van der Waals surface area contributed by atoms with Crippen LogP contribution in [0.1, 0.15) is 44.2 Å². The van der Waals surface area contributed by atoms with Gasteiger partial charge in [0.05, 0.1) is 0 Å². The molecule has 0 saturated carbocycles. The highest BCUT2D eigenvalue weighted by Crippen LogP contribution is 2.36. The predicted molar refractivity (Wildman–Crippen MR) is 88.3 cm³/mol. The van der Waals surface area contributed by atoms with Crippen molar-refractivity contribution in [3.05, 3.63) is 33.3 Å². The van der Waals surface area contributed by atoms with E-state index in [9.17, 15) is 0 Å². The molecule has 1 aromatic carbocycles. The monoisotopic (exact) mass is 356 g/mol. The molecule has 20 heavy (non-hydrogen) atoms. The van der Waals surface area contributed by atoms with Crippen molar-refractivity contribution in [1.29, 1.82) is 0 Å². The Morgan fingerprint density at radius 1 is 1.35 bits per heavy atom. The van der Waals surface area contributed by atoms with Gasteiger partial charge in [0, 0.05) is 27.6 Å². The van der Waals surface area contributed by atoms with E-state index >= 15 is 0 Å². The fourth-order valence-electron chi connectivity index (χ4n) is 3.79. The van der Waals surface area contributed by atoms with E-state index < -0.39 is 0 Å². The zero-order chi connectivity index (χ0) is 14.1. The molecule has 0 spiro atoms. The van der Waals surface area contributed by atoms with Gasteiger partial charge in [-0.05, 0) is 63.4 Å². The largest absolute Gasteiger partial charge is 0.312 e. The molecule has 0 bridgehead atoms.